The minimum absolute atomic E-state index is 0.119. The highest BCUT2D eigenvalue weighted by molar-refractivity contribution is 7.86. The van der Waals surface area contributed by atoms with E-state index in [1.165, 1.54) is 15.1 Å². The van der Waals surface area contributed by atoms with E-state index in [0.29, 0.717) is 65.6 Å². The quantitative estimate of drug-likeness (QED) is 0.633. The fraction of sp³-hybridized carbons (Fsp3) is 0.714. The highest BCUT2D eigenvalue weighted by Crippen LogP contribution is 2.13. The molecule has 0 radical (unpaired) electrons. The van der Waals surface area contributed by atoms with Gasteiger partial charge in [0.05, 0.1) is 19.8 Å². The average molecular weight is 357 g/mol. The molecule has 0 aliphatic carbocycles. The van der Waals surface area contributed by atoms with E-state index >= 15 is 0 Å². The zero-order chi connectivity index (χ0) is 17.0. The van der Waals surface area contributed by atoms with Crippen molar-refractivity contribution in [2.45, 2.75) is 6.54 Å². The second-order valence-corrected chi connectivity index (χ2v) is 7.77. The van der Waals surface area contributed by atoms with Gasteiger partial charge in [-0.15, -0.1) is 0 Å². The Balaban J connectivity index is 1.50. The summed E-state index contributed by atoms with van der Waals surface area (Å²) in [4.78, 5) is 13.8. The van der Waals surface area contributed by atoms with Crippen molar-refractivity contribution >= 4 is 10.2 Å². The van der Waals surface area contributed by atoms with E-state index in [1.54, 1.807) is 16.6 Å². The first-order chi connectivity index (χ1) is 11.6. The number of nitrogens with zero attached hydrogens (tertiary/aromatic N) is 5. The van der Waals surface area contributed by atoms with Crippen LogP contribution in [0.4, 0.5) is 0 Å². The Morgan fingerprint density at radius 1 is 1.00 bits per heavy atom. The van der Waals surface area contributed by atoms with Gasteiger partial charge in [-0.3, -0.25) is 9.69 Å². The van der Waals surface area contributed by atoms with Gasteiger partial charge in [0.1, 0.15) is 0 Å². The second kappa shape index (κ2) is 7.70. The molecule has 0 atom stereocenters. The lowest BCUT2D eigenvalue weighted by molar-refractivity contribution is 0.0684. The van der Waals surface area contributed by atoms with Gasteiger partial charge < -0.3 is 4.74 Å². The Kier molecular flexibility index (Phi) is 5.61. The molecule has 0 unspecified atom stereocenters. The molecule has 2 saturated heterocycles. The zero-order valence-corrected chi connectivity index (χ0v) is 14.4. The molecule has 0 bridgehead atoms. The number of hydrogen-bond donors (Lipinski definition) is 0. The van der Waals surface area contributed by atoms with Gasteiger partial charge >= 0.3 is 0 Å². The lowest BCUT2D eigenvalue weighted by atomic mass is 10.3. The van der Waals surface area contributed by atoms with Gasteiger partial charge in [-0.05, 0) is 6.07 Å². The number of ether oxygens (including phenoxy) is 1. The molecule has 3 rings (SSSR count). The van der Waals surface area contributed by atoms with Crippen molar-refractivity contribution in [3.05, 3.63) is 28.7 Å². The minimum Gasteiger partial charge on any atom is -0.379 e. The molecule has 0 N–H and O–H groups in total. The monoisotopic (exact) mass is 357 g/mol. The third-order valence-electron chi connectivity index (χ3n) is 4.37. The topological polar surface area (TPSA) is 88.0 Å². The first kappa shape index (κ1) is 17.5. The van der Waals surface area contributed by atoms with E-state index in [9.17, 15) is 13.2 Å². The largest absolute Gasteiger partial charge is 0.379 e. The number of rotatable bonds is 5. The molecule has 2 aliphatic rings. The normalized spacial score (nSPS) is 21.8. The van der Waals surface area contributed by atoms with Crippen LogP contribution in [0.2, 0.25) is 0 Å². The molecule has 0 saturated carbocycles. The second-order valence-electron chi connectivity index (χ2n) is 5.84. The van der Waals surface area contributed by atoms with Crippen LogP contribution in [0.25, 0.3) is 0 Å². The third kappa shape index (κ3) is 4.01. The van der Waals surface area contributed by atoms with Gasteiger partial charge in [0.2, 0.25) is 0 Å². The van der Waals surface area contributed by atoms with Crippen LogP contribution in [0, 0.1) is 0 Å². The Labute approximate surface area is 141 Å². The zero-order valence-electron chi connectivity index (χ0n) is 13.6. The van der Waals surface area contributed by atoms with Crippen molar-refractivity contribution < 1.29 is 13.2 Å². The van der Waals surface area contributed by atoms with Gasteiger partial charge in [-0.25, -0.2) is 4.68 Å². The molecule has 1 aromatic heterocycles. The van der Waals surface area contributed by atoms with Crippen LogP contribution in [-0.4, -0.2) is 90.7 Å². The summed E-state index contributed by atoms with van der Waals surface area (Å²) in [6, 6.07) is 3.11. The Morgan fingerprint density at radius 2 is 1.67 bits per heavy atom. The highest BCUT2D eigenvalue weighted by Gasteiger charge is 2.33. The summed E-state index contributed by atoms with van der Waals surface area (Å²) in [6.07, 6.45) is 1.59. The molecule has 0 amide bonds. The first-order valence-corrected chi connectivity index (χ1v) is 9.54. The summed E-state index contributed by atoms with van der Waals surface area (Å²) in [7, 11) is -3.39. The summed E-state index contributed by atoms with van der Waals surface area (Å²) >= 11 is 0. The fourth-order valence-electron chi connectivity index (χ4n) is 2.92. The summed E-state index contributed by atoms with van der Waals surface area (Å²) in [5, 5.41) is 4.03. The van der Waals surface area contributed by atoms with Crippen molar-refractivity contribution in [3.63, 3.8) is 0 Å². The molecule has 0 spiro atoms. The van der Waals surface area contributed by atoms with Crippen molar-refractivity contribution in [1.82, 2.24) is 23.3 Å². The lowest BCUT2D eigenvalue weighted by Gasteiger charge is -2.37. The van der Waals surface area contributed by atoms with Crippen LogP contribution < -0.4 is 5.56 Å². The summed E-state index contributed by atoms with van der Waals surface area (Å²) in [6.45, 7) is 5.20. The number of hydrogen-bond acceptors (Lipinski definition) is 6. The van der Waals surface area contributed by atoms with Gasteiger partial charge in [-0.1, -0.05) is 0 Å². The van der Waals surface area contributed by atoms with Crippen LogP contribution >= 0.6 is 0 Å². The van der Waals surface area contributed by atoms with Crippen LogP contribution in [0.15, 0.2) is 23.1 Å². The van der Waals surface area contributed by atoms with Crippen molar-refractivity contribution in [1.29, 1.82) is 0 Å². The molecule has 134 valence electrons. The van der Waals surface area contributed by atoms with Crippen LogP contribution in [-0.2, 0) is 21.5 Å². The Hall–Kier alpha value is -1.33. The van der Waals surface area contributed by atoms with Gasteiger partial charge in [0.25, 0.3) is 15.8 Å². The van der Waals surface area contributed by atoms with Crippen molar-refractivity contribution in [2.24, 2.45) is 0 Å². The summed E-state index contributed by atoms with van der Waals surface area (Å²) in [5.74, 6) is 0. The minimum atomic E-state index is -3.39. The number of morpholine rings is 1. The van der Waals surface area contributed by atoms with Crippen molar-refractivity contribution in [3.8, 4) is 0 Å². The Morgan fingerprint density at radius 3 is 2.33 bits per heavy atom. The number of piperazine rings is 1. The van der Waals surface area contributed by atoms with E-state index < -0.39 is 10.2 Å². The van der Waals surface area contributed by atoms with E-state index in [-0.39, 0.29) is 5.56 Å². The summed E-state index contributed by atoms with van der Waals surface area (Å²) in [5.41, 5.74) is -0.119. The first-order valence-electron chi connectivity index (χ1n) is 8.15. The van der Waals surface area contributed by atoms with Gasteiger partial charge in [0, 0.05) is 58.1 Å². The molecule has 24 heavy (non-hydrogen) atoms. The molecule has 10 heteroatoms. The van der Waals surface area contributed by atoms with Gasteiger partial charge in [-0.2, -0.15) is 22.1 Å². The molecule has 2 aliphatic heterocycles. The smallest absolute Gasteiger partial charge is 0.282 e. The fourth-order valence-corrected chi connectivity index (χ4v) is 4.48. The maximum Gasteiger partial charge on any atom is 0.282 e. The average Bonchev–Trinajstić information content (AvgIpc) is 2.62. The third-order valence-corrected chi connectivity index (χ3v) is 6.40. The van der Waals surface area contributed by atoms with E-state index in [1.807, 2.05) is 0 Å². The molecule has 2 fully saturated rings. The van der Waals surface area contributed by atoms with E-state index in [2.05, 4.69) is 10.00 Å². The van der Waals surface area contributed by atoms with Crippen LogP contribution in [0.3, 0.4) is 0 Å². The van der Waals surface area contributed by atoms with Crippen LogP contribution in [0.5, 0.6) is 0 Å². The summed E-state index contributed by atoms with van der Waals surface area (Å²) < 4.78 is 34.9. The van der Waals surface area contributed by atoms with E-state index in [4.69, 9.17) is 4.74 Å². The van der Waals surface area contributed by atoms with Crippen LogP contribution in [0.1, 0.15) is 0 Å². The van der Waals surface area contributed by atoms with Gasteiger partial charge in [0.15, 0.2) is 0 Å². The highest BCUT2D eigenvalue weighted by atomic mass is 32.2. The maximum atomic E-state index is 12.6. The molecular formula is C14H23N5O4S. The predicted octanol–water partition coefficient (Wildman–Crippen LogP) is -1.56. The maximum absolute atomic E-state index is 12.6. The predicted molar refractivity (Wildman–Crippen MR) is 87.8 cm³/mol. The molecule has 1 aromatic rings. The molecule has 0 aromatic carbocycles. The van der Waals surface area contributed by atoms with Crippen molar-refractivity contribution in [2.75, 3.05) is 59.0 Å². The molecule has 3 heterocycles. The van der Waals surface area contributed by atoms with E-state index in [0.717, 1.165) is 0 Å². The SMILES string of the molecule is O=c1cccnn1CCN1CCN(S(=O)(=O)N2CCOCC2)CC1. The number of aromatic nitrogens is 2. The molecule has 9 nitrogen and oxygen atoms in total. The lowest BCUT2D eigenvalue weighted by Crippen LogP contribution is -2.55. The Bertz CT molecular complexity index is 693. The standard InChI is InChI=1S/C14H23N5O4S/c20-14-2-1-3-15-19(14)9-6-16-4-7-17(8-5-16)24(21,22)18-10-12-23-13-11-18/h1-3H,4-13H2. The molecular weight excluding hydrogens is 334 g/mol.